The Balaban J connectivity index is 2.45. The smallest absolute Gasteiger partial charge is 0.181 e. The van der Waals surface area contributed by atoms with E-state index >= 15 is 0 Å². The molecular formula is C9H7N5. The van der Waals surface area contributed by atoms with E-state index in [1.807, 2.05) is 12.1 Å². The minimum Gasteiger partial charge on any atom is -0.229 e. The predicted octanol–water partition coefficient (Wildman–Crippen LogP) is 0.749. The van der Waals surface area contributed by atoms with E-state index < -0.39 is 0 Å². The zero-order valence-electron chi connectivity index (χ0n) is 7.55. The van der Waals surface area contributed by atoms with Gasteiger partial charge in [-0.15, -0.1) is 5.10 Å². The lowest BCUT2D eigenvalue weighted by Gasteiger charge is -1.97. The second-order valence-corrected chi connectivity index (χ2v) is 2.82. The van der Waals surface area contributed by atoms with E-state index in [2.05, 4.69) is 21.6 Å². The summed E-state index contributed by atoms with van der Waals surface area (Å²) in [6.07, 6.45) is 0. The zero-order valence-corrected chi connectivity index (χ0v) is 7.55. The quantitative estimate of drug-likeness (QED) is 0.657. The number of rotatable bonds is 1. The van der Waals surface area contributed by atoms with E-state index in [9.17, 15) is 0 Å². The molecule has 0 unspecified atom stereocenters. The normalized spacial score (nSPS) is 9.71. The summed E-state index contributed by atoms with van der Waals surface area (Å²) in [5.41, 5.74) is 1.53. The first-order valence-corrected chi connectivity index (χ1v) is 4.04. The Bertz CT molecular complexity index is 477. The maximum Gasteiger partial charge on any atom is 0.181 e. The monoisotopic (exact) mass is 185 g/mol. The number of tetrazole rings is 1. The summed E-state index contributed by atoms with van der Waals surface area (Å²) in [4.78, 5) is 0. The van der Waals surface area contributed by atoms with Crippen LogP contribution in [0.15, 0.2) is 24.3 Å². The van der Waals surface area contributed by atoms with Crippen molar-refractivity contribution in [1.29, 1.82) is 5.26 Å². The summed E-state index contributed by atoms with van der Waals surface area (Å²) in [6, 6.07) is 9.18. The van der Waals surface area contributed by atoms with Crippen LogP contribution in [0, 0.1) is 11.3 Å². The Morgan fingerprint density at radius 1 is 1.29 bits per heavy atom. The van der Waals surface area contributed by atoms with Crippen molar-refractivity contribution in [1.82, 2.24) is 20.2 Å². The molecule has 2 aromatic rings. The molecule has 0 radical (unpaired) electrons. The third-order valence-corrected chi connectivity index (χ3v) is 1.89. The molecular weight excluding hydrogens is 178 g/mol. The number of benzene rings is 1. The van der Waals surface area contributed by atoms with Crippen LogP contribution in [0.4, 0.5) is 0 Å². The van der Waals surface area contributed by atoms with Crippen molar-refractivity contribution in [2.45, 2.75) is 0 Å². The van der Waals surface area contributed by atoms with E-state index in [0.717, 1.165) is 5.56 Å². The summed E-state index contributed by atoms with van der Waals surface area (Å²) in [7, 11) is 1.77. The van der Waals surface area contributed by atoms with E-state index in [0.29, 0.717) is 11.4 Å². The van der Waals surface area contributed by atoms with E-state index in [1.54, 1.807) is 23.9 Å². The summed E-state index contributed by atoms with van der Waals surface area (Å²) in [6.45, 7) is 0. The lowest BCUT2D eigenvalue weighted by Crippen LogP contribution is -1.94. The number of nitriles is 1. The molecule has 0 saturated heterocycles. The van der Waals surface area contributed by atoms with Gasteiger partial charge in [0.15, 0.2) is 5.82 Å². The minimum atomic E-state index is 0.629. The van der Waals surface area contributed by atoms with E-state index in [-0.39, 0.29) is 0 Å². The first-order valence-electron chi connectivity index (χ1n) is 4.04. The van der Waals surface area contributed by atoms with Gasteiger partial charge in [0.25, 0.3) is 0 Å². The number of nitrogens with zero attached hydrogens (tertiary/aromatic N) is 5. The van der Waals surface area contributed by atoms with Gasteiger partial charge in [0.05, 0.1) is 11.6 Å². The molecule has 0 aliphatic heterocycles. The lowest BCUT2D eigenvalue weighted by atomic mass is 10.1. The van der Waals surface area contributed by atoms with Crippen LogP contribution in [0.3, 0.4) is 0 Å². The van der Waals surface area contributed by atoms with Gasteiger partial charge in [-0.3, -0.25) is 0 Å². The molecule has 1 aromatic carbocycles. The number of aromatic nitrogens is 4. The molecule has 14 heavy (non-hydrogen) atoms. The second kappa shape index (κ2) is 3.26. The predicted molar refractivity (Wildman–Crippen MR) is 48.9 cm³/mol. The van der Waals surface area contributed by atoms with Crippen LogP contribution in [-0.2, 0) is 7.05 Å². The molecule has 0 saturated carbocycles. The molecule has 0 spiro atoms. The molecule has 1 aromatic heterocycles. The second-order valence-electron chi connectivity index (χ2n) is 2.82. The maximum atomic E-state index is 8.62. The SMILES string of the molecule is Cn1nnnc1-c1ccc(C#N)cc1. The van der Waals surface area contributed by atoms with Crippen molar-refractivity contribution in [2.75, 3.05) is 0 Å². The molecule has 0 N–H and O–H groups in total. The molecule has 1 heterocycles. The molecule has 68 valence electrons. The Morgan fingerprint density at radius 3 is 2.50 bits per heavy atom. The average molecular weight is 185 g/mol. The third-order valence-electron chi connectivity index (χ3n) is 1.89. The molecule has 0 amide bonds. The van der Waals surface area contributed by atoms with Crippen LogP contribution < -0.4 is 0 Å². The topological polar surface area (TPSA) is 67.4 Å². The highest BCUT2D eigenvalue weighted by Gasteiger charge is 2.04. The van der Waals surface area contributed by atoms with Gasteiger partial charge in [-0.1, -0.05) is 0 Å². The fourth-order valence-electron chi connectivity index (χ4n) is 1.17. The highest BCUT2D eigenvalue weighted by molar-refractivity contribution is 5.55. The standard InChI is InChI=1S/C9H7N5/c1-14-9(11-12-13-14)8-4-2-7(6-10)3-5-8/h2-5H,1H3. The molecule has 0 fully saturated rings. The third kappa shape index (κ3) is 1.33. The summed E-state index contributed by atoms with van der Waals surface area (Å²) >= 11 is 0. The first-order chi connectivity index (χ1) is 6.81. The van der Waals surface area contributed by atoms with Crippen molar-refractivity contribution in [3.05, 3.63) is 29.8 Å². The van der Waals surface area contributed by atoms with Gasteiger partial charge >= 0.3 is 0 Å². The van der Waals surface area contributed by atoms with Crippen LogP contribution in [0.25, 0.3) is 11.4 Å². The highest BCUT2D eigenvalue weighted by Crippen LogP contribution is 2.14. The number of hydrogen-bond donors (Lipinski definition) is 0. The number of hydrogen-bond acceptors (Lipinski definition) is 4. The lowest BCUT2D eigenvalue weighted by molar-refractivity contribution is 0.714. The fraction of sp³-hybridized carbons (Fsp3) is 0.111. The molecule has 5 heteroatoms. The molecule has 0 aliphatic carbocycles. The molecule has 2 rings (SSSR count). The largest absolute Gasteiger partial charge is 0.229 e. The van der Waals surface area contributed by atoms with Crippen molar-refractivity contribution in [3.8, 4) is 17.5 Å². The highest BCUT2D eigenvalue weighted by atomic mass is 15.5. The van der Waals surface area contributed by atoms with E-state index in [4.69, 9.17) is 5.26 Å². The van der Waals surface area contributed by atoms with Gasteiger partial charge in [0.1, 0.15) is 0 Å². The summed E-state index contributed by atoms with van der Waals surface area (Å²) in [5, 5.41) is 19.7. The average Bonchev–Trinajstić information content (AvgIpc) is 2.65. The summed E-state index contributed by atoms with van der Waals surface area (Å²) in [5.74, 6) is 0.689. The van der Waals surface area contributed by atoms with Crippen molar-refractivity contribution >= 4 is 0 Å². The van der Waals surface area contributed by atoms with Gasteiger partial charge in [0, 0.05) is 12.6 Å². The molecule has 0 bridgehead atoms. The van der Waals surface area contributed by atoms with Crippen molar-refractivity contribution < 1.29 is 0 Å². The summed E-state index contributed by atoms with van der Waals surface area (Å²) < 4.78 is 1.58. The molecule has 5 nitrogen and oxygen atoms in total. The van der Waals surface area contributed by atoms with Gasteiger partial charge in [-0.05, 0) is 34.7 Å². The maximum absolute atomic E-state index is 8.62. The molecule has 0 aliphatic rings. The van der Waals surface area contributed by atoms with Gasteiger partial charge in [-0.2, -0.15) is 5.26 Å². The molecule has 0 atom stereocenters. The van der Waals surface area contributed by atoms with Gasteiger partial charge < -0.3 is 0 Å². The van der Waals surface area contributed by atoms with E-state index in [1.165, 1.54) is 0 Å². The first kappa shape index (κ1) is 8.38. The van der Waals surface area contributed by atoms with Gasteiger partial charge in [0.2, 0.25) is 0 Å². The van der Waals surface area contributed by atoms with Crippen molar-refractivity contribution in [3.63, 3.8) is 0 Å². The van der Waals surface area contributed by atoms with Crippen LogP contribution in [0.1, 0.15) is 5.56 Å². The van der Waals surface area contributed by atoms with Gasteiger partial charge in [-0.25, -0.2) is 4.68 Å². The van der Waals surface area contributed by atoms with Crippen molar-refractivity contribution in [2.24, 2.45) is 7.05 Å². The fourth-order valence-corrected chi connectivity index (χ4v) is 1.17. The van der Waals surface area contributed by atoms with Crippen LogP contribution in [0.5, 0.6) is 0 Å². The number of aryl methyl sites for hydroxylation is 1. The van der Waals surface area contributed by atoms with Crippen LogP contribution >= 0.6 is 0 Å². The minimum absolute atomic E-state index is 0.629. The Hall–Kier alpha value is -2.22. The Morgan fingerprint density at radius 2 is 2.00 bits per heavy atom. The zero-order chi connectivity index (χ0) is 9.97. The Labute approximate surface area is 80.6 Å². The Kier molecular flexibility index (Phi) is 1.95. The van der Waals surface area contributed by atoms with Crippen LogP contribution in [0.2, 0.25) is 0 Å². The van der Waals surface area contributed by atoms with Crippen LogP contribution in [-0.4, -0.2) is 20.2 Å².